The Balaban J connectivity index is 1.78. The lowest BCUT2D eigenvalue weighted by atomic mass is 10.2. The summed E-state index contributed by atoms with van der Waals surface area (Å²) in [4.78, 5) is 25.9. The highest BCUT2D eigenvalue weighted by molar-refractivity contribution is 9.10. The molecule has 0 spiro atoms. The van der Waals surface area contributed by atoms with Crippen molar-refractivity contribution >= 4 is 50.6 Å². The monoisotopic (exact) mass is 371 g/mol. The summed E-state index contributed by atoms with van der Waals surface area (Å²) >= 11 is 9.49. The van der Waals surface area contributed by atoms with Crippen LogP contribution in [0.5, 0.6) is 0 Å². The fourth-order valence-corrected chi connectivity index (χ4v) is 2.56. The standard InChI is InChI=1S/C12H11BrClN5O2/c1-15-12(20)21-7-4-19(5-7)11-9(14)17-8-2-6(13)3-16-10(8)18-11/h2-3,7H,4-5H2,1H3,(H,15,20). The number of amides is 1. The van der Waals surface area contributed by atoms with Crippen molar-refractivity contribution in [2.24, 2.45) is 0 Å². The summed E-state index contributed by atoms with van der Waals surface area (Å²) < 4.78 is 5.94. The minimum Gasteiger partial charge on any atom is -0.442 e. The molecular formula is C12H11BrClN5O2. The number of hydrogen-bond donors (Lipinski definition) is 1. The van der Waals surface area contributed by atoms with E-state index in [1.165, 1.54) is 7.05 Å². The van der Waals surface area contributed by atoms with E-state index in [1.807, 2.05) is 4.90 Å². The molecule has 3 heterocycles. The van der Waals surface area contributed by atoms with Crippen molar-refractivity contribution in [1.82, 2.24) is 20.3 Å². The minimum atomic E-state index is -0.443. The van der Waals surface area contributed by atoms with Gasteiger partial charge < -0.3 is 15.0 Å². The first-order chi connectivity index (χ1) is 10.1. The van der Waals surface area contributed by atoms with Gasteiger partial charge in [0.1, 0.15) is 11.6 Å². The lowest BCUT2D eigenvalue weighted by Gasteiger charge is -2.39. The molecule has 21 heavy (non-hydrogen) atoms. The zero-order chi connectivity index (χ0) is 15.0. The van der Waals surface area contributed by atoms with Crippen LogP contribution >= 0.6 is 27.5 Å². The molecule has 7 nitrogen and oxygen atoms in total. The van der Waals surface area contributed by atoms with Crippen LogP contribution < -0.4 is 10.2 Å². The molecule has 0 unspecified atom stereocenters. The number of anilines is 1. The van der Waals surface area contributed by atoms with Crippen molar-refractivity contribution in [3.05, 3.63) is 21.9 Å². The van der Waals surface area contributed by atoms with Crippen LogP contribution in [0.15, 0.2) is 16.7 Å². The maximum absolute atomic E-state index is 11.1. The summed E-state index contributed by atoms with van der Waals surface area (Å²) in [6, 6.07) is 1.80. The summed E-state index contributed by atoms with van der Waals surface area (Å²) in [5.41, 5.74) is 1.14. The van der Waals surface area contributed by atoms with Crippen LogP contribution in [-0.2, 0) is 4.74 Å². The van der Waals surface area contributed by atoms with E-state index in [0.717, 1.165) is 4.47 Å². The van der Waals surface area contributed by atoms with Crippen molar-refractivity contribution in [2.45, 2.75) is 6.10 Å². The molecule has 1 aliphatic heterocycles. The maximum atomic E-state index is 11.1. The second kappa shape index (κ2) is 5.61. The number of rotatable bonds is 2. The number of nitrogens with zero attached hydrogens (tertiary/aromatic N) is 4. The van der Waals surface area contributed by atoms with E-state index in [0.29, 0.717) is 35.2 Å². The molecule has 3 rings (SSSR count). The predicted molar refractivity (Wildman–Crippen MR) is 81.6 cm³/mol. The molecule has 1 amide bonds. The van der Waals surface area contributed by atoms with Crippen molar-refractivity contribution in [3.63, 3.8) is 0 Å². The number of carbonyl (C=O) groups is 1. The first kappa shape index (κ1) is 14.3. The Kier molecular flexibility index (Phi) is 3.81. The molecule has 0 aromatic carbocycles. The van der Waals surface area contributed by atoms with Crippen LogP contribution in [0.3, 0.4) is 0 Å². The second-order valence-corrected chi connectivity index (χ2v) is 5.79. The molecule has 1 N–H and O–H groups in total. The summed E-state index contributed by atoms with van der Waals surface area (Å²) in [6.07, 6.45) is 1.04. The van der Waals surface area contributed by atoms with Gasteiger partial charge in [0.25, 0.3) is 0 Å². The molecule has 0 aliphatic carbocycles. The van der Waals surface area contributed by atoms with Crippen molar-refractivity contribution < 1.29 is 9.53 Å². The van der Waals surface area contributed by atoms with Crippen molar-refractivity contribution in [2.75, 3.05) is 25.0 Å². The SMILES string of the molecule is CNC(=O)OC1CN(c2nc3ncc(Br)cc3nc2Cl)C1. The van der Waals surface area contributed by atoms with Gasteiger partial charge in [0.2, 0.25) is 0 Å². The van der Waals surface area contributed by atoms with Crippen LogP contribution in [0.25, 0.3) is 11.2 Å². The first-order valence-electron chi connectivity index (χ1n) is 6.19. The Morgan fingerprint density at radius 3 is 3.00 bits per heavy atom. The highest BCUT2D eigenvalue weighted by Crippen LogP contribution is 2.29. The van der Waals surface area contributed by atoms with E-state index < -0.39 is 6.09 Å². The predicted octanol–water partition coefficient (Wildman–Crippen LogP) is 1.99. The lowest BCUT2D eigenvalue weighted by Crippen LogP contribution is -2.54. The van der Waals surface area contributed by atoms with Crippen LogP contribution in [0, 0.1) is 0 Å². The van der Waals surface area contributed by atoms with Crippen LogP contribution in [0.1, 0.15) is 0 Å². The molecule has 0 saturated carbocycles. The third-order valence-electron chi connectivity index (χ3n) is 3.05. The fourth-order valence-electron chi connectivity index (χ4n) is 1.99. The van der Waals surface area contributed by atoms with E-state index >= 15 is 0 Å². The highest BCUT2D eigenvalue weighted by Gasteiger charge is 2.32. The van der Waals surface area contributed by atoms with Crippen molar-refractivity contribution in [3.8, 4) is 0 Å². The van der Waals surface area contributed by atoms with Gasteiger partial charge in [-0.15, -0.1) is 0 Å². The number of aromatic nitrogens is 3. The number of fused-ring (bicyclic) bond motifs is 1. The summed E-state index contributed by atoms with van der Waals surface area (Å²) in [7, 11) is 1.52. The Labute approximate surface area is 133 Å². The van der Waals surface area contributed by atoms with E-state index in [2.05, 4.69) is 36.2 Å². The van der Waals surface area contributed by atoms with E-state index in [4.69, 9.17) is 16.3 Å². The lowest BCUT2D eigenvalue weighted by molar-refractivity contribution is 0.0823. The van der Waals surface area contributed by atoms with Gasteiger partial charge in [-0.2, -0.15) is 0 Å². The second-order valence-electron chi connectivity index (χ2n) is 4.52. The third kappa shape index (κ3) is 2.86. The molecule has 0 bridgehead atoms. The van der Waals surface area contributed by atoms with Gasteiger partial charge >= 0.3 is 6.09 Å². The average Bonchev–Trinajstić information content (AvgIpc) is 2.41. The van der Waals surface area contributed by atoms with Crippen LogP contribution in [-0.4, -0.2) is 47.3 Å². The van der Waals surface area contributed by atoms with Gasteiger partial charge in [0.15, 0.2) is 16.6 Å². The van der Waals surface area contributed by atoms with Gasteiger partial charge in [0, 0.05) is 17.7 Å². The number of alkyl carbamates (subject to hydrolysis) is 1. The smallest absolute Gasteiger partial charge is 0.407 e. The Bertz CT molecular complexity index is 707. The highest BCUT2D eigenvalue weighted by atomic mass is 79.9. The van der Waals surface area contributed by atoms with Crippen molar-refractivity contribution in [1.29, 1.82) is 0 Å². The Morgan fingerprint density at radius 2 is 2.29 bits per heavy atom. The molecule has 2 aromatic heterocycles. The number of carbonyl (C=O) groups excluding carboxylic acids is 1. The molecule has 9 heteroatoms. The number of halogens is 2. The van der Waals surface area contributed by atoms with Gasteiger partial charge in [-0.25, -0.2) is 19.7 Å². The molecule has 0 radical (unpaired) electrons. The molecular weight excluding hydrogens is 362 g/mol. The Hall–Kier alpha value is -1.67. The van der Waals surface area contributed by atoms with E-state index in [1.54, 1.807) is 12.3 Å². The van der Waals surface area contributed by atoms with E-state index in [-0.39, 0.29) is 6.10 Å². The first-order valence-corrected chi connectivity index (χ1v) is 7.36. The topological polar surface area (TPSA) is 80.2 Å². The molecule has 1 saturated heterocycles. The number of hydrogen-bond acceptors (Lipinski definition) is 6. The zero-order valence-corrected chi connectivity index (χ0v) is 13.3. The zero-order valence-electron chi connectivity index (χ0n) is 11.0. The van der Waals surface area contributed by atoms with Gasteiger partial charge in [-0.3, -0.25) is 0 Å². The Morgan fingerprint density at radius 1 is 1.52 bits per heavy atom. The summed E-state index contributed by atoms with van der Waals surface area (Å²) in [5, 5.41) is 2.72. The molecule has 110 valence electrons. The molecule has 0 atom stereocenters. The van der Waals surface area contributed by atoms with Gasteiger partial charge in [0.05, 0.1) is 13.1 Å². The average molecular weight is 373 g/mol. The largest absolute Gasteiger partial charge is 0.442 e. The van der Waals surface area contributed by atoms with Crippen LogP contribution in [0.4, 0.5) is 10.6 Å². The molecule has 2 aromatic rings. The number of nitrogens with one attached hydrogen (secondary N) is 1. The van der Waals surface area contributed by atoms with Crippen LogP contribution in [0.2, 0.25) is 5.15 Å². The summed E-state index contributed by atoms with van der Waals surface area (Å²) in [5.74, 6) is 0.552. The number of ether oxygens (including phenoxy) is 1. The fraction of sp³-hybridized carbons (Fsp3) is 0.333. The number of pyridine rings is 1. The van der Waals surface area contributed by atoms with E-state index in [9.17, 15) is 4.79 Å². The normalized spacial score (nSPS) is 14.9. The van der Waals surface area contributed by atoms with Gasteiger partial charge in [-0.05, 0) is 22.0 Å². The van der Waals surface area contributed by atoms with Gasteiger partial charge in [-0.1, -0.05) is 11.6 Å². The minimum absolute atomic E-state index is 0.170. The maximum Gasteiger partial charge on any atom is 0.407 e. The summed E-state index contributed by atoms with van der Waals surface area (Å²) in [6.45, 7) is 1.06. The molecule has 1 aliphatic rings. The third-order valence-corrected chi connectivity index (χ3v) is 3.74. The quantitative estimate of drug-likeness (QED) is 0.868. The molecule has 1 fully saturated rings.